The van der Waals surface area contributed by atoms with Crippen molar-refractivity contribution in [3.05, 3.63) is 0 Å². The molecule has 1 aliphatic carbocycles. The number of nitrogens with zero attached hydrogens (tertiary/aromatic N) is 1. The molecule has 108 valence electrons. The van der Waals surface area contributed by atoms with E-state index >= 15 is 0 Å². The Balaban J connectivity index is 1.93. The molecule has 1 N–H and O–H groups in total. The first-order valence-corrected chi connectivity index (χ1v) is 7.07. The quantitative estimate of drug-likeness (QED) is 0.794. The fourth-order valence-electron chi connectivity index (χ4n) is 2.87. The van der Waals surface area contributed by atoms with Gasteiger partial charge in [0.15, 0.2) is 0 Å². The van der Waals surface area contributed by atoms with Crippen LogP contribution in [0.4, 0.5) is 0 Å². The van der Waals surface area contributed by atoms with Gasteiger partial charge in [0.25, 0.3) is 0 Å². The van der Waals surface area contributed by atoms with Crippen molar-refractivity contribution in [1.29, 1.82) is 0 Å². The highest BCUT2D eigenvalue weighted by atomic mass is 16.5. The molecule has 1 heterocycles. The lowest BCUT2D eigenvalue weighted by Crippen LogP contribution is -2.52. The number of carboxylic acids is 1. The van der Waals surface area contributed by atoms with Crippen LogP contribution >= 0.6 is 0 Å². The molecule has 1 saturated heterocycles. The number of ether oxygens (including phenoxy) is 1. The zero-order valence-corrected chi connectivity index (χ0v) is 11.6. The van der Waals surface area contributed by atoms with Gasteiger partial charge >= 0.3 is 5.97 Å². The molecule has 1 atom stereocenters. The van der Waals surface area contributed by atoms with Crippen LogP contribution < -0.4 is 0 Å². The van der Waals surface area contributed by atoms with Crippen molar-refractivity contribution in [3.8, 4) is 0 Å². The normalized spacial score (nSPS) is 27.3. The summed E-state index contributed by atoms with van der Waals surface area (Å²) < 4.78 is 5.06. The summed E-state index contributed by atoms with van der Waals surface area (Å²) in [7, 11) is 1.51. The largest absolute Gasteiger partial charge is 0.481 e. The molecule has 5 heteroatoms. The molecule has 1 unspecified atom stereocenters. The third kappa shape index (κ3) is 3.47. The van der Waals surface area contributed by atoms with Crippen molar-refractivity contribution >= 4 is 11.9 Å². The smallest absolute Gasteiger partial charge is 0.313 e. The van der Waals surface area contributed by atoms with Crippen LogP contribution in [0.2, 0.25) is 0 Å². The van der Waals surface area contributed by atoms with Crippen molar-refractivity contribution in [3.63, 3.8) is 0 Å². The molecule has 1 aliphatic heterocycles. The van der Waals surface area contributed by atoms with E-state index in [-0.39, 0.29) is 12.5 Å². The Labute approximate surface area is 113 Å². The minimum absolute atomic E-state index is 0.105. The summed E-state index contributed by atoms with van der Waals surface area (Å²) in [6.07, 6.45) is 5.34. The fourth-order valence-corrected chi connectivity index (χ4v) is 2.87. The van der Waals surface area contributed by atoms with Crippen LogP contribution in [0.1, 0.15) is 38.5 Å². The SMILES string of the molecule is COCC1(C(=O)O)CCCN(C(=O)CCC2CC2)C1. The second-order valence-electron chi connectivity index (χ2n) is 5.92. The molecule has 2 aliphatic rings. The summed E-state index contributed by atoms with van der Waals surface area (Å²) in [4.78, 5) is 25.4. The summed E-state index contributed by atoms with van der Waals surface area (Å²) in [5.41, 5.74) is -0.914. The maximum atomic E-state index is 12.1. The van der Waals surface area contributed by atoms with Crippen LogP contribution in [0.25, 0.3) is 0 Å². The van der Waals surface area contributed by atoms with Gasteiger partial charge in [-0.15, -0.1) is 0 Å². The van der Waals surface area contributed by atoms with Crippen LogP contribution in [-0.4, -0.2) is 48.7 Å². The van der Waals surface area contributed by atoms with Crippen molar-refractivity contribution in [2.45, 2.75) is 38.5 Å². The Bertz CT molecular complexity index is 349. The Morgan fingerprint density at radius 1 is 1.42 bits per heavy atom. The van der Waals surface area contributed by atoms with E-state index in [1.165, 1.54) is 20.0 Å². The van der Waals surface area contributed by atoms with Gasteiger partial charge in [-0.25, -0.2) is 0 Å². The Kier molecular flexibility index (Phi) is 4.45. The van der Waals surface area contributed by atoms with Crippen LogP contribution in [0.5, 0.6) is 0 Å². The maximum absolute atomic E-state index is 12.1. The number of likely N-dealkylation sites (tertiary alicyclic amines) is 1. The van der Waals surface area contributed by atoms with E-state index in [0.29, 0.717) is 25.9 Å². The topological polar surface area (TPSA) is 66.8 Å². The van der Waals surface area contributed by atoms with Crippen molar-refractivity contribution in [1.82, 2.24) is 4.90 Å². The van der Waals surface area contributed by atoms with E-state index in [0.717, 1.165) is 18.8 Å². The van der Waals surface area contributed by atoms with Gasteiger partial charge in [-0.1, -0.05) is 12.8 Å². The Hall–Kier alpha value is -1.10. The van der Waals surface area contributed by atoms with E-state index < -0.39 is 11.4 Å². The average Bonchev–Trinajstić information content (AvgIpc) is 3.20. The number of methoxy groups -OCH3 is 1. The zero-order valence-electron chi connectivity index (χ0n) is 11.6. The minimum atomic E-state index is -0.914. The third-order valence-corrected chi connectivity index (χ3v) is 4.27. The molecular formula is C14H23NO4. The van der Waals surface area contributed by atoms with Gasteiger partial charge < -0.3 is 14.7 Å². The highest BCUT2D eigenvalue weighted by Crippen LogP contribution is 2.35. The van der Waals surface area contributed by atoms with Crippen molar-refractivity contribution in [2.75, 3.05) is 26.8 Å². The molecule has 0 aromatic rings. The molecular weight excluding hydrogens is 246 g/mol. The summed E-state index contributed by atoms with van der Waals surface area (Å²) in [6.45, 7) is 1.15. The Morgan fingerprint density at radius 2 is 2.16 bits per heavy atom. The van der Waals surface area contributed by atoms with Gasteiger partial charge in [0.2, 0.25) is 5.91 Å². The van der Waals surface area contributed by atoms with Gasteiger partial charge in [-0.3, -0.25) is 9.59 Å². The number of hydrogen-bond acceptors (Lipinski definition) is 3. The first kappa shape index (κ1) is 14.3. The molecule has 5 nitrogen and oxygen atoms in total. The predicted molar refractivity (Wildman–Crippen MR) is 69.7 cm³/mol. The molecule has 0 radical (unpaired) electrons. The summed E-state index contributed by atoms with van der Waals surface area (Å²) >= 11 is 0. The number of carboxylic acid groups (broad SMARTS) is 1. The van der Waals surface area contributed by atoms with Crippen LogP contribution in [0, 0.1) is 11.3 Å². The van der Waals surface area contributed by atoms with E-state index in [2.05, 4.69) is 0 Å². The van der Waals surface area contributed by atoms with E-state index in [9.17, 15) is 14.7 Å². The van der Waals surface area contributed by atoms with Gasteiger partial charge in [0.1, 0.15) is 5.41 Å². The lowest BCUT2D eigenvalue weighted by Gasteiger charge is -2.39. The Morgan fingerprint density at radius 3 is 2.74 bits per heavy atom. The molecule has 1 amide bonds. The number of carbonyl (C=O) groups is 2. The number of piperidine rings is 1. The highest BCUT2D eigenvalue weighted by molar-refractivity contribution is 5.79. The number of hydrogen-bond donors (Lipinski definition) is 1. The number of amides is 1. The first-order valence-electron chi connectivity index (χ1n) is 7.07. The van der Waals surface area contributed by atoms with E-state index in [1.54, 1.807) is 4.90 Å². The second kappa shape index (κ2) is 5.90. The molecule has 19 heavy (non-hydrogen) atoms. The number of rotatable bonds is 6. The second-order valence-corrected chi connectivity index (χ2v) is 5.92. The first-order chi connectivity index (χ1) is 9.07. The number of aliphatic carboxylic acids is 1. The van der Waals surface area contributed by atoms with Crippen LogP contribution in [0.15, 0.2) is 0 Å². The molecule has 1 saturated carbocycles. The molecule has 0 aromatic carbocycles. The highest BCUT2D eigenvalue weighted by Gasteiger charge is 2.43. The van der Waals surface area contributed by atoms with Gasteiger partial charge in [-0.2, -0.15) is 0 Å². The lowest BCUT2D eigenvalue weighted by molar-refractivity contribution is -0.159. The zero-order chi connectivity index (χ0) is 13.9. The molecule has 0 spiro atoms. The molecule has 0 aromatic heterocycles. The third-order valence-electron chi connectivity index (χ3n) is 4.27. The van der Waals surface area contributed by atoms with Gasteiger partial charge in [0.05, 0.1) is 6.61 Å². The molecule has 0 bridgehead atoms. The van der Waals surface area contributed by atoms with Gasteiger partial charge in [0, 0.05) is 26.6 Å². The van der Waals surface area contributed by atoms with Crippen molar-refractivity contribution < 1.29 is 19.4 Å². The lowest BCUT2D eigenvalue weighted by atomic mass is 9.80. The van der Waals surface area contributed by atoms with Crippen molar-refractivity contribution in [2.24, 2.45) is 11.3 Å². The van der Waals surface area contributed by atoms with Crippen LogP contribution in [0.3, 0.4) is 0 Å². The standard InChI is InChI=1S/C14H23NO4/c1-19-10-14(13(17)18)7-2-8-15(9-14)12(16)6-5-11-3-4-11/h11H,2-10H2,1H3,(H,17,18). The summed E-state index contributed by atoms with van der Waals surface area (Å²) in [6, 6.07) is 0. The predicted octanol–water partition coefficient (Wildman–Crippen LogP) is 1.52. The summed E-state index contributed by atoms with van der Waals surface area (Å²) in [5.74, 6) is -0.0145. The van der Waals surface area contributed by atoms with Gasteiger partial charge in [-0.05, 0) is 25.2 Å². The number of carbonyl (C=O) groups excluding carboxylic acids is 1. The maximum Gasteiger partial charge on any atom is 0.313 e. The van der Waals surface area contributed by atoms with E-state index in [4.69, 9.17) is 4.74 Å². The molecule has 2 fully saturated rings. The fraction of sp³-hybridized carbons (Fsp3) is 0.857. The van der Waals surface area contributed by atoms with E-state index in [1.807, 2.05) is 0 Å². The monoisotopic (exact) mass is 269 g/mol. The molecule has 2 rings (SSSR count). The average molecular weight is 269 g/mol. The summed E-state index contributed by atoms with van der Waals surface area (Å²) in [5, 5.41) is 9.43. The van der Waals surface area contributed by atoms with Crippen LogP contribution in [-0.2, 0) is 14.3 Å². The minimum Gasteiger partial charge on any atom is -0.481 e.